The van der Waals surface area contributed by atoms with E-state index in [4.69, 9.17) is 5.73 Å². The maximum absolute atomic E-state index is 12.2. The van der Waals surface area contributed by atoms with Gasteiger partial charge in [-0.05, 0) is 16.9 Å². The zero-order chi connectivity index (χ0) is 11.8. The molecule has 0 aliphatic rings. The molecule has 1 heterocycles. The predicted molar refractivity (Wildman–Crippen MR) is 66.6 cm³/mol. The van der Waals surface area contributed by atoms with Gasteiger partial charge in [-0.25, -0.2) is 0 Å². The average Bonchev–Trinajstić information content (AvgIpc) is 2.44. The van der Waals surface area contributed by atoms with Crippen LogP contribution < -0.4 is 5.73 Å². The fourth-order valence-corrected chi connectivity index (χ4v) is 2.40. The first-order valence-corrected chi connectivity index (χ1v) is 6.04. The Morgan fingerprint density at radius 1 is 1.40 bits per heavy atom. The normalized spacial score (nSPS) is 12.1. The number of anilines is 1. The highest BCUT2D eigenvalue weighted by Crippen LogP contribution is 2.35. The molecule has 0 unspecified atom stereocenters. The summed E-state index contributed by atoms with van der Waals surface area (Å²) in [4.78, 5) is 12.2. The van der Waals surface area contributed by atoms with Gasteiger partial charge in [-0.2, -0.15) is 0 Å². The molecule has 3 heteroatoms. The smallest absolute Gasteiger partial charge is 0.171 e. The number of thiophene rings is 1. The van der Waals surface area contributed by atoms with Crippen molar-refractivity contribution in [1.29, 1.82) is 0 Å². The highest BCUT2D eigenvalue weighted by Gasteiger charge is 2.28. The summed E-state index contributed by atoms with van der Waals surface area (Å²) in [6.07, 6.45) is 0. The van der Waals surface area contributed by atoms with Crippen LogP contribution >= 0.6 is 11.3 Å². The van der Waals surface area contributed by atoms with Crippen molar-refractivity contribution < 1.29 is 4.79 Å². The van der Waals surface area contributed by atoms with Crippen LogP contribution in [-0.2, 0) is 0 Å². The third-order valence-corrected chi connectivity index (χ3v) is 3.21. The number of nitrogens with two attached hydrogens (primary N) is 1. The van der Waals surface area contributed by atoms with Crippen molar-refractivity contribution >= 4 is 22.1 Å². The summed E-state index contributed by atoms with van der Waals surface area (Å²) in [7, 11) is 0. The van der Waals surface area contributed by atoms with Gasteiger partial charge in [0.1, 0.15) is 0 Å². The van der Waals surface area contributed by atoms with E-state index >= 15 is 0 Å². The van der Waals surface area contributed by atoms with Crippen LogP contribution in [0.25, 0.3) is 0 Å². The predicted octanol–water partition coefficient (Wildman–Crippen LogP) is 3.68. The second kappa shape index (κ2) is 3.97. The van der Waals surface area contributed by atoms with E-state index in [2.05, 4.69) is 13.8 Å². The number of carbonyl (C=O) groups excluding carboxylic acids is 1. The standard InChI is InChI=1S/C12H19NOS/c1-7(2)8-6-15-11(13)9(8)10(14)12(3,4)5/h6-7H,13H2,1-5H3. The lowest BCUT2D eigenvalue weighted by molar-refractivity contribution is 0.0858. The summed E-state index contributed by atoms with van der Waals surface area (Å²) >= 11 is 1.46. The summed E-state index contributed by atoms with van der Waals surface area (Å²) in [5, 5.41) is 2.65. The van der Waals surface area contributed by atoms with E-state index in [-0.39, 0.29) is 11.2 Å². The van der Waals surface area contributed by atoms with Crippen molar-refractivity contribution in [3.63, 3.8) is 0 Å². The van der Waals surface area contributed by atoms with Crippen molar-refractivity contribution in [2.45, 2.75) is 40.5 Å². The number of carbonyl (C=O) groups is 1. The quantitative estimate of drug-likeness (QED) is 0.780. The Morgan fingerprint density at radius 3 is 2.33 bits per heavy atom. The lowest BCUT2D eigenvalue weighted by atomic mass is 9.84. The molecule has 84 valence electrons. The summed E-state index contributed by atoms with van der Waals surface area (Å²) < 4.78 is 0. The highest BCUT2D eigenvalue weighted by atomic mass is 32.1. The Hall–Kier alpha value is -0.830. The van der Waals surface area contributed by atoms with Crippen LogP contribution in [0.2, 0.25) is 0 Å². The zero-order valence-electron chi connectivity index (χ0n) is 10.0. The van der Waals surface area contributed by atoms with Gasteiger partial charge in [0.2, 0.25) is 0 Å². The lowest BCUT2D eigenvalue weighted by Gasteiger charge is -2.18. The molecule has 0 aliphatic heterocycles. The van der Waals surface area contributed by atoms with Crippen molar-refractivity contribution in [1.82, 2.24) is 0 Å². The Morgan fingerprint density at radius 2 is 1.93 bits per heavy atom. The molecular formula is C12H19NOS. The lowest BCUT2D eigenvalue weighted by Crippen LogP contribution is -2.22. The van der Waals surface area contributed by atoms with Crippen molar-refractivity contribution in [3.05, 3.63) is 16.5 Å². The van der Waals surface area contributed by atoms with Crippen LogP contribution in [0.3, 0.4) is 0 Å². The highest BCUT2D eigenvalue weighted by molar-refractivity contribution is 7.14. The van der Waals surface area contributed by atoms with Gasteiger partial charge < -0.3 is 5.73 Å². The number of ketones is 1. The van der Waals surface area contributed by atoms with E-state index in [9.17, 15) is 4.79 Å². The van der Waals surface area contributed by atoms with Crippen LogP contribution in [0.1, 0.15) is 56.5 Å². The Balaban J connectivity index is 3.24. The number of Topliss-reactive ketones (excluding diaryl/α,β-unsaturated/α-hetero) is 1. The minimum atomic E-state index is -0.362. The molecule has 0 amide bonds. The minimum absolute atomic E-state index is 0.143. The van der Waals surface area contributed by atoms with Crippen LogP contribution in [0.15, 0.2) is 5.38 Å². The Kier molecular flexibility index (Phi) is 3.24. The average molecular weight is 225 g/mol. The second-order valence-electron chi connectivity index (χ2n) is 5.16. The molecule has 1 aromatic rings. The van der Waals surface area contributed by atoms with Gasteiger partial charge >= 0.3 is 0 Å². The van der Waals surface area contributed by atoms with E-state index in [0.29, 0.717) is 10.9 Å². The molecule has 15 heavy (non-hydrogen) atoms. The van der Waals surface area contributed by atoms with Crippen molar-refractivity contribution in [3.8, 4) is 0 Å². The largest absolute Gasteiger partial charge is 0.390 e. The molecule has 0 bridgehead atoms. The third kappa shape index (κ3) is 2.40. The Bertz CT molecular complexity index is 371. The third-order valence-electron chi connectivity index (χ3n) is 2.38. The van der Waals surface area contributed by atoms with Gasteiger partial charge in [0, 0.05) is 5.41 Å². The summed E-state index contributed by atoms with van der Waals surface area (Å²) in [5.74, 6) is 0.491. The molecule has 0 aliphatic carbocycles. The zero-order valence-corrected chi connectivity index (χ0v) is 10.9. The van der Waals surface area contributed by atoms with Gasteiger partial charge in [-0.1, -0.05) is 34.6 Å². The summed E-state index contributed by atoms with van der Waals surface area (Å²) in [5.41, 5.74) is 7.33. The SMILES string of the molecule is CC(C)c1csc(N)c1C(=O)C(C)(C)C. The monoisotopic (exact) mass is 225 g/mol. The van der Waals surface area contributed by atoms with E-state index in [1.807, 2.05) is 26.2 Å². The first-order chi connectivity index (χ1) is 6.75. The van der Waals surface area contributed by atoms with E-state index in [1.165, 1.54) is 11.3 Å². The van der Waals surface area contributed by atoms with E-state index in [1.54, 1.807) is 0 Å². The number of hydrogen-bond acceptors (Lipinski definition) is 3. The number of nitrogen functional groups attached to an aromatic ring is 1. The van der Waals surface area contributed by atoms with Gasteiger partial charge in [-0.3, -0.25) is 4.79 Å². The molecule has 1 rings (SSSR count). The molecule has 1 aromatic heterocycles. The van der Waals surface area contributed by atoms with Crippen molar-refractivity contribution in [2.24, 2.45) is 5.41 Å². The van der Waals surface area contributed by atoms with Crippen LogP contribution in [0.5, 0.6) is 0 Å². The van der Waals surface area contributed by atoms with Crippen LogP contribution in [0.4, 0.5) is 5.00 Å². The fourth-order valence-electron chi connectivity index (χ4n) is 1.43. The molecule has 0 spiro atoms. The van der Waals surface area contributed by atoms with Gasteiger partial charge in [0.15, 0.2) is 5.78 Å². The van der Waals surface area contributed by atoms with Gasteiger partial charge in [-0.15, -0.1) is 11.3 Å². The van der Waals surface area contributed by atoms with Gasteiger partial charge in [0.25, 0.3) is 0 Å². The molecule has 0 atom stereocenters. The molecule has 0 fully saturated rings. The fraction of sp³-hybridized carbons (Fsp3) is 0.583. The molecule has 0 saturated heterocycles. The topological polar surface area (TPSA) is 43.1 Å². The number of hydrogen-bond donors (Lipinski definition) is 1. The molecule has 0 radical (unpaired) electrons. The first kappa shape index (κ1) is 12.2. The molecule has 0 aromatic carbocycles. The van der Waals surface area contributed by atoms with Gasteiger partial charge in [0.05, 0.1) is 10.6 Å². The van der Waals surface area contributed by atoms with Crippen LogP contribution in [-0.4, -0.2) is 5.78 Å². The Labute approximate surface area is 95.5 Å². The molecular weight excluding hydrogens is 206 g/mol. The van der Waals surface area contributed by atoms with Crippen LogP contribution in [0, 0.1) is 5.41 Å². The molecule has 0 saturated carbocycles. The minimum Gasteiger partial charge on any atom is -0.390 e. The molecule has 2 nitrogen and oxygen atoms in total. The first-order valence-electron chi connectivity index (χ1n) is 5.16. The second-order valence-corrected chi connectivity index (χ2v) is 6.08. The maximum Gasteiger partial charge on any atom is 0.171 e. The maximum atomic E-state index is 12.2. The number of rotatable bonds is 2. The molecule has 2 N–H and O–H groups in total. The van der Waals surface area contributed by atoms with E-state index < -0.39 is 0 Å². The summed E-state index contributed by atoms with van der Waals surface area (Å²) in [6.45, 7) is 9.95. The summed E-state index contributed by atoms with van der Waals surface area (Å²) in [6, 6.07) is 0. The van der Waals surface area contributed by atoms with Crippen molar-refractivity contribution in [2.75, 3.05) is 5.73 Å². The van der Waals surface area contributed by atoms with E-state index in [0.717, 1.165) is 11.1 Å².